The Hall–Kier alpha value is -2.30. The molecule has 18 heavy (non-hydrogen) atoms. The van der Waals surface area contributed by atoms with Gasteiger partial charge in [0.1, 0.15) is 5.69 Å². The van der Waals surface area contributed by atoms with Crippen LogP contribution in [0.5, 0.6) is 0 Å². The molecular formula is C13H14N4O. The molecule has 0 atom stereocenters. The third kappa shape index (κ3) is 1.64. The Kier molecular flexibility index (Phi) is 2.33. The molecule has 0 aliphatic carbocycles. The van der Waals surface area contributed by atoms with Crippen molar-refractivity contribution in [2.45, 2.75) is 19.9 Å². The fourth-order valence-corrected chi connectivity index (χ4v) is 2.03. The van der Waals surface area contributed by atoms with Gasteiger partial charge in [0, 0.05) is 17.7 Å². The third-order valence-corrected chi connectivity index (χ3v) is 2.96. The highest BCUT2D eigenvalue weighted by atomic mass is 16.5. The summed E-state index contributed by atoms with van der Waals surface area (Å²) in [4.78, 5) is 4.41. The van der Waals surface area contributed by atoms with Crippen molar-refractivity contribution in [3.63, 3.8) is 0 Å². The lowest BCUT2D eigenvalue weighted by Crippen LogP contribution is -1.97. The highest BCUT2D eigenvalue weighted by Crippen LogP contribution is 2.25. The summed E-state index contributed by atoms with van der Waals surface area (Å²) in [5.74, 6) is 0.317. The summed E-state index contributed by atoms with van der Waals surface area (Å²) in [6.45, 7) is 4.26. The summed E-state index contributed by atoms with van der Waals surface area (Å²) in [6.07, 6.45) is 1.86. The standard InChI is InChI=1S/C13H14N4O/c1-8(2)17-7-15-11-5-9(3-4-12(11)17)10-6-13(14)18-16-10/h3-8H,14H2,1-2H3. The lowest BCUT2D eigenvalue weighted by molar-refractivity contribution is 0.439. The van der Waals surface area contributed by atoms with E-state index in [1.54, 1.807) is 6.07 Å². The van der Waals surface area contributed by atoms with Gasteiger partial charge in [-0.05, 0) is 26.0 Å². The largest absolute Gasteiger partial charge is 0.368 e. The van der Waals surface area contributed by atoms with Crippen molar-refractivity contribution in [2.24, 2.45) is 0 Å². The molecule has 0 unspecified atom stereocenters. The molecule has 0 bridgehead atoms. The number of nitrogen functional groups attached to an aromatic ring is 1. The minimum atomic E-state index is 0.317. The lowest BCUT2D eigenvalue weighted by Gasteiger charge is -2.07. The molecule has 0 aliphatic rings. The van der Waals surface area contributed by atoms with E-state index in [9.17, 15) is 0 Å². The topological polar surface area (TPSA) is 69.9 Å². The van der Waals surface area contributed by atoms with Gasteiger partial charge in [-0.1, -0.05) is 11.2 Å². The molecule has 0 saturated heterocycles. The van der Waals surface area contributed by atoms with Crippen molar-refractivity contribution in [3.8, 4) is 11.3 Å². The Labute approximate surface area is 104 Å². The number of hydrogen-bond acceptors (Lipinski definition) is 4. The zero-order valence-electron chi connectivity index (χ0n) is 10.3. The number of nitrogens with two attached hydrogens (primary N) is 1. The number of anilines is 1. The molecule has 0 amide bonds. The quantitative estimate of drug-likeness (QED) is 0.750. The number of imidazole rings is 1. The van der Waals surface area contributed by atoms with Gasteiger partial charge in [0.2, 0.25) is 5.88 Å². The average molecular weight is 242 g/mol. The van der Waals surface area contributed by atoms with Crippen molar-refractivity contribution in [1.29, 1.82) is 0 Å². The Morgan fingerprint density at radius 3 is 2.78 bits per heavy atom. The number of fused-ring (bicyclic) bond motifs is 1. The summed E-state index contributed by atoms with van der Waals surface area (Å²) >= 11 is 0. The van der Waals surface area contributed by atoms with E-state index < -0.39 is 0 Å². The number of nitrogens with zero attached hydrogens (tertiary/aromatic N) is 3. The first-order valence-corrected chi connectivity index (χ1v) is 5.84. The van der Waals surface area contributed by atoms with E-state index >= 15 is 0 Å². The molecule has 2 heterocycles. The Morgan fingerprint density at radius 1 is 1.28 bits per heavy atom. The molecule has 0 radical (unpaired) electrons. The number of aromatic nitrogens is 3. The van der Waals surface area contributed by atoms with Gasteiger partial charge in [0.15, 0.2) is 0 Å². The second kappa shape index (κ2) is 3.87. The first kappa shape index (κ1) is 10.8. The predicted octanol–water partition coefficient (Wildman–Crippen LogP) is 2.85. The van der Waals surface area contributed by atoms with Crippen LogP contribution in [-0.2, 0) is 0 Å². The van der Waals surface area contributed by atoms with Gasteiger partial charge in [-0.25, -0.2) is 4.98 Å². The highest BCUT2D eigenvalue weighted by molar-refractivity contribution is 5.81. The SMILES string of the molecule is CC(C)n1cnc2cc(-c3cc(N)on3)ccc21. The lowest BCUT2D eigenvalue weighted by atomic mass is 10.1. The molecule has 5 nitrogen and oxygen atoms in total. The van der Waals surface area contributed by atoms with Crippen LogP contribution in [0.2, 0.25) is 0 Å². The number of hydrogen-bond donors (Lipinski definition) is 1. The van der Waals surface area contributed by atoms with Crippen LogP contribution in [0.3, 0.4) is 0 Å². The molecule has 0 saturated carbocycles. The van der Waals surface area contributed by atoms with Crippen LogP contribution in [0.15, 0.2) is 35.1 Å². The normalized spacial score (nSPS) is 11.5. The monoisotopic (exact) mass is 242 g/mol. The zero-order valence-corrected chi connectivity index (χ0v) is 10.3. The second-order valence-corrected chi connectivity index (χ2v) is 4.56. The van der Waals surface area contributed by atoms with Crippen LogP contribution in [0.4, 0.5) is 5.88 Å². The average Bonchev–Trinajstić information content (AvgIpc) is 2.93. The zero-order chi connectivity index (χ0) is 12.7. The highest BCUT2D eigenvalue weighted by Gasteiger charge is 2.09. The van der Waals surface area contributed by atoms with Crippen LogP contribution < -0.4 is 5.73 Å². The first-order valence-electron chi connectivity index (χ1n) is 5.84. The fourth-order valence-electron chi connectivity index (χ4n) is 2.03. The second-order valence-electron chi connectivity index (χ2n) is 4.56. The van der Waals surface area contributed by atoms with Gasteiger partial charge in [-0.3, -0.25) is 0 Å². The number of rotatable bonds is 2. The van der Waals surface area contributed by atoms with Crippen LogP contribution in [-0.4, -0.2) is 14.7 Å². The predicted molar refractivity (Wildman–Crippen MR) is 70.0 cm³/mol. The molecule has 92 valence electrons. The summed E-state index contributed by atoms with van der Waals surface area (Å²) in [6, 6.07) is 8.14. The van der Waals surface area contributed by atoms with Gasteiger partial charge in [-0.15, -0.1) is 0 Å². The van der Waals surface area contributed by atoms with Gasteiger partial charge in [-0.2, -0.15) is 0 Å². The van der Waals surface area contributed by atoms with Gasteiger partial charge >= 0.3 is 0 Å². The van der Waals surface area contributed by atoms with Crippen molar-refractivity contribution in [1.82, 2.24) is 14.7 Å². The van der Waals surface area contributed by atoms with Crippen LogP contribution in [0, 0.1) is 0 Å². The Morgan fingerprint density at radius 2 is 2.11 bits per heavy atom. The van der Waals surface area contributed by atoms with Crippen molar-refractivity contribution < 1.29 is 4.52 Å². The van der Waals surface area contributed by atoms with E-state index in [0.717, 1.165) is 22.3 Å². The summed E-state index contributed by atoms with van der Waals surface area (Å²) in [5.41, 5.74) is 9.27. The van der Waals surface area contributed by atoms with Crippen molar-refractivity contribution in [2.75, 3.05) is 5.73 Å². The van der Waals surface area contributed by atoms with Crippen molar-refractivity contribution >= 4 is 16.9 Å². The summed E-state index contributed by atoms with van der Waals surface area (Å²) in [5, 5.41) is 3.90. The maximum atomic E-state index is 5.52. The smallest absolute Gasteiger partial charge is 0.222 e. The van der Waals surface area contributed by atoms with Gasteiger partial charge in [0.05, 0.1) is 17.4 Å². The maximum absolute atomic E-state index is 5.52. The van der Waals surface area contributed by atoms with E-state index in [-0.39, 0.29) is 0 Å². The Bertz CT molecular complexity index is 696. The molecule has 2 N–H and O–H groups in total. The molecule has 3 aromatic rings. The minimum Gasteiger partial charge on any atom is -0.368 e. The summed E-state index contributed by atoms with van der Waals surface area (Å²) < 4.78 is 7.01. The number of benzene rings is 1. The molecule has 0 fully saturated rings. The van der Waals surface area contributed by atoms with Gasteiger partial charge in [0.25, 0.3) is 0 Å². The molecule has 1 aromatic carbocycles. The Balaban J connectivity index is 2.12. The first-order chi connectivity index (χ1) is 8.65. The molecule has 0 aliphatic heterocycles. The molecule has 3 rings (SSSR count). The van der Waals surface area contributed by atoms with E-state index in [0.29, 0.717) is 11.9 Å². The third-order valence-electron chi connectivity index (χ3n) is 2.96. The van der Waals surface area contributed by atoms with Crippen LogP contribution >= 0.6 is 0 Å². The van der Waals surface area contributed by atoms with E-state index in [1.807, 2.05) is 24.5 Å². The minimum absolute atomic E-state index is 0.317. The molecular weight excluding hydrogens is 228 g/mol. The van der Waals surface area contributed by atoms with Crippen molar-refractivity contribution in [3.05, 3.63) is 30.6 Å². The fraction of sp³-hybridized carbons (Fsp3) is 0.231. The van der Waals surface area contributed by atoms with Crippen LogP contribution in [0.25, 0.3) is 22.3 Å². The van der Waals surface area contributed by atoms with Crippen LogP contribution in [0.1, 0.15) is 19.9 Å². The molecule has 2 aromatic heterocycles. The van der Waals surface area contributed by atoms with E-state index in [1.165, 1.54) is 0 Å². The molecule has 5 heteroatoms. The molecule has 0 spiro atoms. The summed E-state index contributed by atoms with van der Waals surface area (Å²) in [7, 11) is 0. The van der Waals surface area contributed by atoms with E-state index in [4.69, 9.17) is 10.3 Å². The maximum Gasteiger partial charge on any atom is 0.222 e. The van der Waals surface area contributed by atoms with E-state index in [2.05, 4.69) is 28.6 Å². The van der Waals surface area contributed by atoms with Gasteiger partial charge < -0.3 is 14.8 Å².